The molecule has 0 aliphatic carbocycles. The smallest absolute Gasteiger partial charge is 0.186 e. The minimum atomic E-state index is 0.483. The van der Waals surface area contributed by atoms with Crippen LogP contribution in [0.4, 0.5) is 5.13 Å². The summed E-state index contributed by atoms with van der Waals surface area (Å²) in [5.74, 6) is 0. The van der Waals surface area contributed by atoms with Gasteiger partial charge in [-0.25, -0.2) is 4.98 Å². The zero-order valence-corrected chi connectivity index (χ0v) is 13.1. The van der Waals surface area contributed by atoms with E-state index in [4.69, 9.17) is 9.72 Å². The van der Waals surface area contributed by atoms with E-state index in [1.807, 2.05) is 18.4 Å². The van der Waals surface area contributed by atoms with E-state index < -0.39 is 0 Å². The lowest BCUT2D eigenvalue weighted by atomic mass is 10.2. The van der Waals surface area contributed by atoms with Crippen LogP contribution in [0.15, 0.2) is 0 Å². The van der Waals surface area contributed by atoms with Crippen LogP contribution in [0.2, 0.25) is 0 Å². The molecule has 0 spiro atoms. The first kappa shape index (κ1) is 14.8. The second-order valence-corrected chi connectivity index (χ2v) is 6.04. The molecular formula is C14H25N3OS. The summed E-state index contributed by atoms with van der Waals surface area (Å²) in [6, 6.07) is 0.483. The average Bonchev–Trinajstić information content (AvgIpc) is 2.83. The molecule has 1 aromatic rings. The number of anilines is 1. The molecule has 5 heteroatoms. The van der Waals surface area contributed by atoms with Crippen molar-refractivity contribution >= 4 is 16.5 Å². The standard InChI is InChI=1S/C14H25N3OS/c1-4-6-12-13(9-15-3)19-14(16-12)17-7-8-18-10-11(17)5-2/h11,15H,4-10H2,1-3H3. The van der Waals surface area contributed by atoms with Gasteiger partial charge in [-0.15, -0.1) is 11.3 Å². The van der Waals surface area contributed by atoms with Crippen LogP contribution in [0.5, 0.6) is 0 Å². The van der Waals surface area contributed by atoms with Gasteiger partial charge in [0.15, 0.2) is 5.13 Å². The minimum absolute atomic E-state index is 0.483. The van der Waals surface area contributed by atoms with E-state index in [2.05, 4.69) is 24.1 Å². The number of ether oxygens (including phenoxy) is 1. The zero-order valence-electron chi connectivity index (χ0n) is 12.2. The number of rotatable bonds is 6. The van der Waals surface area contributed by atoms with Crippen molar-refractivity contribution in [1.82, 2.24) is 10.3 Å². The second kappa shape index (κ2) is 7.22. The van der Waals surface area contributed by atoms with Crippen molar-refractivity contribution in [3.05, 3.63) is 10.6 Å². The Morgan fingerprint density at radius 1 is 1.47 bits per heavy atom. The van der Waals surface area contributed by atoms with Crippen molar-refractivity contribution in [2.45, 2.75) is 45.7 Å². The molecule has 1 aliphatic heterocycles. The van der Waals surface area contributed by atoms with E-state index in [9.17, 15) is 0 Å². The van der Waals surface area contributed by atoms with Crippen LogP contribution in [-0.4, -0.2) is 37.8 Å². The van der Waals surface area contributed by atoms with Crippen molar-refractivity contribution in [3.63, 3.8) is 0 Å². The molecule has 1 N–H and O–H groups in total. The maximum absolute atomic E-state index is 5.58. The lowest BCUT2D eigenvalue weighted by molar-refractivity contribution is 0.0929. The highest BCUT2D eigenvalue weighted by Crippen LogP contribution is 2.30. The predicted octanol–water partition coefficient (Wildman–Crippen LogP) is 2.43. The first-order chi connectivity index (χ1) is 9.30. The van der Waals surface area contributed by atoms with E-state index in [1.54, 1.807) is 0 Å². The van der Waals surface area contributed by atoms with E-state index in [0.717, 1.165) is 45.6 Å². The molecule has 1 saturated heterocycles. The summed E-state index contributed by atoms with van der Waals surface area (Å²) >= 11 is 1.85. The van der Waals surface area contributed by atoms with Gasteiger partial charge >= 0.3 is 0 Å². The quantitative estimate of drug-likeness (QED) is 0.870. The van der Waals surface area contributed by atoms with Crippen LogP contribution in [0.25, 0.3) is 0 Å². The molecule has 0 radical (unpaired) electrons. The Balaban J connectivity index is 2.20. The van der Waals surface area contributed by atoms with Crippen LogP contribution >= 0.6 is 11.3 Å². The number of nitrogens with zero attached hydrogens (tertiary/aromatic N) is 2. The van der Waals surface area contributed by atoms with Gasteiger partial charge in [-0.3, -0.25) is 0 Å². The van der Waals surface area contributed by atoms with Gasteiger partial charge in [0, 0.05) is 18.0 Å². The van der Waals surface area contributed by atoms with Crippen LogP contribution in [0, 0.1) is 0 Å². The highest BCUT2D eigenvalue weighted by atomic mass is 32.1. The third kappa shape index (κ3) is 3.46. The number of aryl methyl sites for hydroxylation is 1. The Hall–Kier alpha value is -0.650. The van der Waals surface area contributed by atoms with Crippen LogP contribution in [0.3, 0.4) is 0 Å². The van der Waals surface area contributed by atoms with Crippen molar-refractivity contribution in [2.24, 2.45) is 0 Å². The molecule has 4 nitrogen and oxygen atoms in total. The third-order valence-corrected chi connectivity index (χ3v) is 4.67. The lowest BCUT2D eigenvalue weighted by Gasteiger charge is -2.34. The Morgan fingerprint density at radius 2 is 2.32 bits per heavy atom. The largest absolute Gasteiger partial charge is 0.377 e. The fraction of sp³-hybridized carbons (Fsp3) is 0.786. The van der Waals surface area contributed by atoms with Crippen LogP contribution < -0.4 is 10.2 Å². The van der Waals surface area contributed by atoms with Crippen molar-refractivity contribution < 1.29 is 4.74 Å². The van der Waals surface area contributed by atoms with Crippen molar-refractivity contribution in [3.8, 4) is 0 Å². The summed E-state index contributed by atoms with van der Waals surface area (Å²) in [6.07, 6.45) is 3.35. The highest BCUT2D eigenvalue weighted by molar-refractivity contribution is 7.15. The molecule has 0 bridgehead atoms. The second-order valence-electron chi connectivity index (χ2n) is 4.98. The van der Waals surface area contributed by atoms with Gasteiger partial charge in [0.1, 0.15) is 0 Å². The number of thiazole rings is 1. The molecule has 19 heavy (non-hydrogen) atoms. The molecule has 0 aromatic carbocycles. The first-order valence-electron chi connectivity index (χ1n) is 7.27. The van der Waals surface area contributed by atoms with Gasteiger partial charge in [0.05, 0.1) is 24.9 Å². The van der Waals surface area contributed by atoms with Crippen LogP contribution in [-0.2, 0) is 17.7 Å². The van der Waals surface area contributed by atoms with Gasteiger partial charge < -0.3 is 15.0 Å². The Labute approximate surface area is 120 Å². The number of morpholine rings is 1. The molecule has 1 aromatic heterocycles. The van der Waals surface area contributed by atoms with Crippen LogP contribution in [0.1, 0.15) is 37.3 Å². The Bertz CT molecular complexity index is 371. The summed E-state index contributed by atoms with van der Waals surface area (Å²) in [7, 11) is 2.00. The Morgan fingerprint density at radius 3 is 3.00 bits per heavy atom. The summed E-state index contributed by atoms with van der Waals surface area (Å²) in [5, 5.41) is 4.44. The van der Waals surface area contributed by atoms with Gasteiger partial charge in [0.2, 0.25) is 0 Å². The highest BCUT2D eigenvalue weighted by Gasteiger charge is 2.25. The number of aromatic nitrogens is 1. The molecular weight excluding hydrogens is 258 g/mol. The molecule has 0 amide bonds. The molecule has 108 valence electrons. The molecule has 1 unspecified atom stereocenters. The van der Waals surface area contributed by atoms with Gasteiger partial charge in [0.25, 0.3) is 0 Å². The minimum Gasteiger partial charge on any atom is -0.377 e. The maximum atomic E-state index is 5.58. The molecule has 2 rings (SSSR count). The monoisotopic (exact) mass is 283 g/mol. The van der Waals surface area contributed by atoms with Gasteiger partial charge in [-0.2, -0.15) is 0 Å². The first-order valence-corrected chi connectivity index (χ1v) is 8.09. The Kier molecular flexibility index (Phi) is 5.60. The molecule has 0 saturated carbocycles. The maximum Gasteiger partial charge on any atom is 0.186 e. The fourth-order valence-electron chi connectivity index (χ4n) is 2.47. The van der Waals surface area contributed by atoms with E-state index in [-0.39, 0.29) is 0 Å². The summed E-state index contributed by atoms with van der Waals surface area (Å²) in [4.78, 5) is 8.72. The molecule has 1 atom stereocenters. The van der Waals surface area contributed by atoms with Gasteiger partial charge in [-0.05, 0) is 19.9 Å². The topological polar surface area (TPSA) is 37.4 Å². The predicted molar refractivity (Wildman–Crippen MR) is 81.1 cm³/mol. The summed E-state index contributed by atoms with van der Waals surface area (Å²) in [5.41, 5.74) is 1.28. The average molecular weight is 283 g/mol. The SMILES string of the molecule is CCCc1nc(N2CCOCC2CC)sc1CNC. The lowest BCUT2D eigenvalue weighted by Crippen LogP contribution is -2.45. The van der Waals surface area contributed by atoms with E-state index >= 15 is 0 Å². The van der Waals surface area contributed by atoms with Crippen molar-refractivity contribution in [1.29, 1.82) is 0 Å². The number of hydrogen-bond donors (Lipinski definition) is 1. The number of hydrogen-bond acceptors (Lipinski definition) is 5. The molecule has 1 aliphatic rings. The number of nitrogens with one attached hydrogen (secondary N) is 1. The van der Waals surface area contributed by atoms with E-state index in [0.29, 0.717) is 6.04 Å². The summed E-state index contributed by atoms with van der Waals surface area (Å²) in [6.45, 7) is 7.99. The van der Waals surface area contributed by atoms with Crippen molar-refractivity contribution in [2.75, 3.05) is 31.7 Å². The van der Waals surface area contributed by atoms with E-state index in [1.165, 1.54) is 15.7 Å². The molecule has 2 heterocycles. The summed E-state index contributed by atoms with van der Waals surface area (Å²) < 4.78 is 5.58. The molecule has 1 fully saturated rings. The third-order valence-electron chi connectivity index (χ3n) is 3.54. The van der Waals surface area contributed by atoms with Gasteiger partial charge in [-0.1, -0.05) is 20.3 Å². The normalized spacial score (nSPS) is 19.9. The zero-order chi connectivity index (χ0) is 13.7. The fourth-order valence-corrected chi connectivity index (χ4v) is 3.68.